The zero-order valence-corrected chi connectivity index (χ0v) is 13.3. The molecule has 0 saturated heterocycles. The zero-order chi connectivity index (χ0) is 16.4. The molecule has 0 fully saturated rings. The predicted octanol–water partition coefficient (Wildman–Crippen LogP) is 4.11. The summed E-state index contributed by atoms with van der Waals surface area (Å²) in [6.07, 6.45) is 1.44. The molecule has 1 heterocycles. The van der Waals surface area contributed by atoms with Crippen LogP contribution < -0.4 is 0 Å². The van der Waals surface area contributed by atoms with Crippen molar-refractivity contribution in [2.45, 2.75) is 10.6 Å². The van der Waals surface area contributed by atoms with Gasteiger partial charge in [0.25, 0.3) is 0 Å². The van der Waals surface area contributed by atoms with Gasteiger partial charge in [0.2, 0.25) is 0 Å². The molecule has 3 nitrogen and oxygen atoms in total. The molecule has 3 rings (SSSR count). The van der Waals surface area contributed by atoms with Gasteiger partial charge in [0, 0.05) is 16.1 Å². The van der Waals surface area contributed by atoms with Gasteiger partial charge in [-0.2, -0.15) is 5.10 Å². The molecule has 0 unspecified atom stereocenters. The smallest absolute Gasteiger partial charge is 0.151 e. The molecule has 2 aromatic carbocycles. The van der Waals surface area contributed by atoms with E-state index < -0.39 is 22.4 Å². The molecule has 0 radical (unpaired) electrons. The summed E-state index contributed by atoms with van der Waals surface area (Å²) in [5.74, 6) is -1.28. The van der Waals surface area contributed by atoms with Crippen LogP contribution in [-0.2, 0) is 16.6 Å². The second-order valence-electron chi connectivity index (χ2n) is 4.77. The van der Waals surface area contributed by atoms with Crippen LogP contribution in [0.5, 0.6) is 0 Å². The fraction of sp³-hybridized carbons (Fsp3) is 0.0625. The minimum absolute atomic E-state index is 0.144. The summed E-state index contributed by atoms with van der Waals surface area (Å²) in [4.78, 5) is 0.612. The van der Waals surface area contributed by atoms with Gasteiger partial charge < -0.3 is 0 Å². The highest BCUT2D eigenvalue weighted by atomic mass is 35.5. The minimum Gasteiger partial charge on any atom is -0.254 e. The van der Waals surface area contributed by atoms with Crippen LogP contribution in [0.15, 0.2) is 59.6 Å². The molecule has 0 bridgehead atoms. The van der Waals surface area contributed by atoms with E-state index in [-0.39, 0.29) is 11.4 Å². The normalized spacial score (nSPS) is 12.3. The Kier molecular flexibility index (Phi) is 4.54. The van der Waals surface area contributed by atoms with Gasteiger partial charge in [-0.3, -0.25) is 4.21 Å². The molecule has 1 atom stereocenters. The molecule has 1 aromatic heterocycles. The monoisotopic (exact) mass is 352 g/mol. The van der Waals surface area contributed by atoms with Crippen LogP contribution in [0.1, 0.15) is 5.69 Å². The van der Waals surface area contributed by atoms with E-state index in [1.165, 1.54) is 12.3 Å². The number of hydrogen-bond acceptors (Lipinski definition) is 2. The lowest BCUT2D eigenvalue weighted by Crippen LogP contribution is -2.04. The molecule has 0 aliphatic rings. The number of benzene rings is 2. The van der Waals surface area contributed by atoms with Gasteiger partial charge in [-0.15, -0.1) is 0 Å². The molecule has 0 aliphatic heterocycles. The molecule has 3 aromatic rings. The zero-order valence-electron chi connectivity index (χ0n) is 11.7. The van der Waals surface area contributed by atoms with E-state index in [0.717, 1.165) is 16.8 Å². The van der Waals surface area contributed by atoms with Crippen LogP contribution in [0, 0.1) is 11.6 Å². The first-order valence-corrected chi connectivity index (χ1v) is 8.37. The van der Waals surface area contributed by atoms with Gasteiger partial charge in [-0.25, -0.2) is 13.5 Å². The molecule has 0 saturated carbocycles. The average Bonchev–Trinajstić information content (AvgIpc) is 2.96. The second-order valence-corrected chi connectivity index (χ2v) is 6.65. The van der Waals surface area contributed by atoms with Crippen LogP contribution in [0.25, 0.3) is 5.69 Å². The summed E-state index contributed by atoms with van der Waals surface area (Å²) >= 11 is 5.79. The summed E-state index contributed by atoms with van der Waals surface area (Å²) in [6.45, 7) is 0. The predicted molar refractivity (Wildman–Crippen MR) is 85.0 cm³/mol. The molecule has 23 heavy (non-hydrogen) atoms. The van der Waals surface area contributed by atoms with Crippen molar-refractivity contribution < 1.29 is 13.0 Å². The Balaban J connectivity index is 1.82. The molecule has 0 aliphatic carbocycles. The van der Waals surface area contributed by atoms with Crippen molar-refractivity contribution in [1.29, 1.82) is 0 Å². The summed E-state index contributed by atoms with van der Waals surface area (Å²) in [7, 11) is -1.32. The van der Waals surface area contributed by atoms with E-state index in [9.17, 15) is 13.0 Å². The van der Waals surface area contributed by atoms with Gasteiger partial charge >= 0.3 is 0 Å². The average molecular weight is 353 g/mol. The number of hydrogen-bond donors (Lipinski definition) is 0. The lowest BCUT2D eigenvalue weighted by atomic mass is 10.3. The Morgan fingerprint density at radius 1 is 1.04 bits per heavy atom. The standard InChI is InChI=1S/C16H11ClF2N2OS/c17-11-4-6-13(7-5-11)23(22)10-12-8-9-21(20-12)16-14(18)2-1-3-15(16)19/h1-9H,10H2/t23-/m0/s1. The minimum atomic E-state index is -1.32. The maximum atomic E-state index is 13.7. The molecule has 0 amide bonds. The van der Waals surface area contributed by atoms with E-state index in [4.69, 9.17) is 11.6 Å². The molecular formula is C16H11ClF2N2OS. The van der Waals surface area contributed by atoms with Crippen molar-refractivity contribution in [3.8, 4) is 5.69 Å². The third kappa shape index (κ3) is 3.48. The number of nitrogens with zero attached hydrogens (tertiary/aromatic N) is 2. The molecular weight excluding hydrogens is 342 g/mol. The van der Waals surface area contributed by atoms with Crippen LogP contribution in [0.3, 0.4) is 0 Å². The maximum Gasteiger partial charge on any atom is 0.151 e. The fourth-order valence-corrected chi connectivity index (χ4v) is 3.23. The number of halogens is 3. The van der Waals surface area contributed by atoms with E-state index in [1.807, 2.05) is 0 Å². The highest BCUT2D eigenvalue weighted by Gasteiger charge is 2.13. The van der Waals surface area contributed by atoms with Gasteiger partial charge in [0.05, 0.1) is 22.2 Å². The summed E-state index contributed by atoms with van der Waals surface area (Å²) in [6, 6.07) is 11.8. The number of rotatable bonds is 4. The van der Waals surface area contributed by atoms with E-state index in [1.54, 1.807) is 30.3 Å². The lowest BCUT2D eigenvalue weighted by molar-refractivity contribution is 0.559. The Morgan fingerprint density at radius 2 is 1.70 bits per heavy atom. The van der Waals surface area contributed by atoms with Gasteiger partial charge in [0.1, 0.15) is 5.69 Å². The first-order valence-electron chi connectivity index (χ1n) is 6.67. The molecule has 7 heteroatoms. The number of aromatic nitrogens is 2. The summed E-state index contributed by atoms with van der Waals surface area (Å²) in [5, 5.41) is 4.66. The first-order chi connectivity index (χ1) is 11.0. The van der Waals surface area contributed by atoms with E-state index in [0.29, 0.717) is 15.6 Å². The second kappa shape index (κ2) is 6.60. The van der Waals surface area contributed by atoms with Gasteiger partial charge in [0.15, 0.2) is 11.6 Å². The summed E-state index contributed by atoms with van der Waals surface area (Å²) < 4.78 is 40.9. The molecule has 0 spiro atoms. The third-order valence-electron chi connectivity index (χ3n) is 3.17. The largest absolute Gasteiger partial charge is 0.254 e. The summed E-state index contributed by atoms with van der Waals surface area (Å²) in [5.41, 5.74) is 0.219. The molecule has 118 valence electrons. The first kappa shape index (κ1) is 15.8. The third-order valence-corrected chi connectivity index (χ3v) is 4.77. The van der Waals surface area contributed by atoms with Crippen LogP contribution in [-0.4, -0.2) is 14.0 Å². The Hall–Kier alpha value is -2.05. The van der Waals surface area contributed by atoms with Crippen molar-refractivity contribution in [3.05, 3.63) is 77.1 Å². The Morgan fingerprint density at radius 3 is 2.35 bits per heavy atom. The van der Waals surface area contributed by atoms with Crippen molar-refractivity contribution in [3.63, 3.8) is 0 Å². The number of para-hydroxylation sites is 1. The van der Waals surface area contributed by atoms with Gasteiger partial charge in [-0.1, -0.05) is 17.7 Å². The Labute approximate surface area is 139 Å². The highest BCUT2D eigenvalue weighted by Crippen LogP contribution is 2.19. The maximum absolute atomic E-state index is 13.7. The lowest BCUT2D eigenvalue weighted by Gasteiger charge is -2.04. The Bertz CT molecular complexity index is 845. The SMILES string of the molecule is O=[S@@](Cc1ccn(-c2c(F)cccc2F)n1)c1ccc(Cl)cc1. The van der Waals surface area contributed by atoms with Crippen molar-refractivity contribution >= 4 is 22.4 Å². The highest BCUT2D eigenvalue weighted by molar-refractivity contribution is 7.84. The van der Waals surface area contributed by atoms with Crippen molar-refractivity contribution in [2.24, 2.45) is 0 Å². The van der Waals surface area contributed by atoms with Crippen molar-refractivity contribution in [1.82, 2.24) is 9.78 Å². The topological polar surface area (TPSA) is 34.9 Å². The van der Waals surface area contributed by atoms with Crippen LogP contribution in [0.4, 0.5) is 8.78 Å². The molecule has 0 N–H and O–H groups in total. The van der Waals surface area contributed by atoms with E-state index >= 15 is 0 Å². The van der Waals surface area contributed by atoms with Crippen LogP contribution >= 0.6 is 11.6 Å². The fourth-order valence-electron chi connectivity index (χ4n) is 2.08. The van der Waals surface area contributed by atoms with Crippen LogP contribution in [0.2, 0.25) is 5.02 Å². The van der Waals surface area contributed by atoms with Crippen molar-refractivity contribution in [2.75, 3.05) is 0 Å². The van der Waals surface area contributed by atoms with E-state index in [2.05, 4.69) is 5.10 Å². The van der Waals surface area contributed by atoms with Gasteiger partial charge in [-0.05, 0) is 42.5 Å². The quantitative estimate of drug-likeness (QED) is 0.708.